The average molecular weight is 429 g/mol. The van der Waals surface area contributed by atoms with Crippen molar-refractivity contribution in [1.82, 2.24) is 10.2 Å². The Kier molecular flexibility index (Phi) is 7.08. The zero-order chi connectivity index (χ0) is 20.8. The first-order chi connectivity index (χ1) is 14.7. The summed E-state index contributed by atoms with van der Waals surface area (Å²) >= 11 is 1.76. The molecule has 1 aromatic carbocycles. The van der Waals surface area contributed by atoms with E-state index >= 15 is 0 Å². The van der Waals surface area contributed by atoms with Gasteiger partial charge in [0.1, 0.15) is 5.75 Å². The monoisotopic (exact) mass is 428 g/mol. The second kappa shape index (κ2) is 9.94. The molecule has 6 heteroatoms. The zero-order valence-corrected chi connectivity index (χ0v) is 18.6. The number of thiophene rings is 1. The molecule has 5 nitrogen and oxygen atoms in total. The molecule has 0 radical (unpaired) electrons. The number of likely N-dealkylation sites (tertiary alicyclic amines) is 1. The summed E-state index contributed by atoms with van der Waals surface area (Å²) < 4.78 is 10.9. The minimum absolute atomic E-state index is 0.150. The van der Waals surface area contributed by atoms with Gasteiger partial charge in [0.15, 0.2) is 0 Å². The van der Waals surface area contributed by atoms with Gasteiger partial charge < -0.3 is 14.8 Å². The largest absolute Gasteiger partial charge is 0.497 e. The Morgan fingerprint density at radius 2 is 1.93 bits per heavy atom. The van der Waals surface area contributed by atoms with E-state index in [-0.39, 0.29) is 5.91 Å². The Bertz CT molecular complexity index is 792. The maximum Gasteiger partial charge on any atom is 0.230 e. The number of rotatable bonds is 7. The fraction of sp³-hybridized carbons (Fsp3) is 0.542. The Labute approximate surface area is 183 Å². The minimum Gasteiger partial charge on any atom is -0.497 e. The molecule has 2 aliphatic heterocycles. The second-order valence-electron chi connectivity index (χ2n) is 8.48. The van der Waals surface area contributed by atoms with E-state index in [1.54, 1.807) is 18.4 Å². The van der Waals surface area contributed by atoms with Crippen LogP contribution < -0.4 is 10.1 Å². The van der Waals surface area contributed by atoms with E-state index in [2.05, 4.69) is 27.0 Å². The van der Waals surface area contributed by atoms with E-state index in [0.717, 1.165) is 63.2 Å². The number of methoxy groups -OCH3 is 1. The summed E-state index contributed by atoms with van der Waals surface area (Å²) in [5.74, 6) is 1.52. The standard InChI is InChI=1S/C24H32N2O3S/c1-28-22-4-2-21(3-5-22)24(9-13-29-14-10-24)23(27)25-16-19-6-11-26(12-7-19)17-20-8-15-30-18-20/h2-5,8,15,18-19H,6-7,9-14,16-17H2,1H3,(H,25,27). The molecule has 4 rings (SSSR count). The van der Waals surface area contributed by atoms with Crippen LogP contribution in [0.4, 0.5) is 0 Å². The topological polar surface area (TPSA) is 50.8 Å². The quantitative estimate of drug-likeness (QED) is 0.728. The molecular weight excluding hydrogens is 396 g/mol. The van der Waals surface area contributed by atoms with E-state index in [1.807, 2.05) is 24.3 Å². The van der Waals surface area contributed by atoms with Crippen molar-refractivity contribution in [2.24, 2.45) is 5.92 Å². The molecule has 162 valence electrons. The number of hydrogen-bond donors (Lipinski definition) is 1. The molecule has 2 aliphatic rings. The molecule has 3 heterocycles. The van der Waals surface area contributed by atoms with Gasteiger partial charge in [0.05, 0.1) is 12.5 Å². The molecular formula is C24H32N2O3S. The van der Waals surface area contributed by atoms with E-state index in [0.29, 0.717) is 19.1 Å². The molecule has 0 saturated carbocycles. The molecule has 2 saturated heterocycles. The van der Waals surface area contributed by atoms with E-state index in [1.165, 1.54) is 5.56 Å². The van der Waals surface area contributed by atoms with E-state index in [9.17, 15) is 4.79 Å². The number of amides is 1. The molecule has 30 heavy (non-hydrogen) atoms. The molecule has 0 aliphatic carbocycles. The fourth-order valence-corrected chi connectivity index (χ4v) is 5.33. The molecule has 2 fully saturated rings. The van der Waals surface area contributed by atoms with Gasteiger partial charge in [0.2, 0.25) is 5.91 Å². The summed E-state index contributed by atoms with van der Waals surface area (Å²) in [7, 11) is 1.66. The second-order valence-corrected chi connectivity index (χ2v) is 9.26. The predicted molar refractivity (Wildman–Crippen MR) is 120 cm³/mol. The van der Waals surface area contributed by atoms with Crippen LogP contribution in [-0.4, -0.2) is 50.8 Å². The smallest absolute Gasteiger partial charge is 0.230 e. The average Bonchev–Trinajstić information content (AvgIpc) is 3.32. The summed E-state index contributed by atoms with van der Waals surface area (Å²) in [6.07, 6.45) is 3.74. The van der Waals surface area contributed by atoms with Crippen molar-refractivity contribution in [1.29, 1.82) is 0 Å². The maximum absolute atomic E-state index is 13.4. The van der Waals surface area contributed by atoms with Crippen molar-refractivity contribution in [2.45, 2.75) is 37.6 Å². The van der Waals surface area contributed by atoms with Gasteiger partial charge in [0.25, 0.3) is 0 Å². The lowest BCUT2D eigenvalue weighted by Crippen LogP contribution is -2.49. The van der Waals surface area contributed by atoms with Gasteiger partial charge in [-0.2, -0.15) is 11.3 Å². The highest BCUT2D eigenvalue weighted by Crippen LogP contribution is 2.36. The van der Waals surface area contributed by atoms with Crippen LogP contribution >= 0.6 is 11.3 Å². The third kappa shape index (κ3) is 4.88. The molecule has 0 bridgehead atoms. The van der Waals surface area contributed by atoms with E-state index < -0.39 is 5.41 Å². The molecule has 1 aromatic heterocycles. The maximum atomic E-state index is 13.4. The Balaban J connectivity index is 1.33. The summed E-state index contributed by atoms with van der Waals surface area (Å²) in [6, 6.07) is 10.2. The third-order valence-electron chi connectivity index (χ3n) is 6.67. The van der Waals surface area contributed by atoms with Gasteiger partial charge in [0, 0.05) is 26.3 Å². The lowest BCUT2D eigenvalue weighted by molar-refractivity contribution is -0.130. The first-order valence-corrected chi connectivity index (χ1v) is 11.9. The summed E-state index contributed by atoms with van der Waals surface area (Å²) in [6.45, 7) is 5.27. The van der Waals surface area contributed by atoms with Crippen molar-refractivity contribution in [3.05, 3.63) is 52.2 Å². The molecule has 0 atom stereocenters. The van der Waals surface area contributed by atoms with Crippen LogP contribution in [0.1, 0.15) is 36.8 Å². The number of nitrogens with zero attached hydrogens (tertiary/aromatic N) is 1. The summed E-state index contributed by atoms with van der Waals surface area (Å²) in [5, 5.41) is 7.69. The minimum atomic E-state index is -0.496. The highest BCUT2D eigenvalue weighted by molar-refractivity contribution is 7.07. The molecule has 1 N–H and O–H groups in total. The highest BCUT2D eigenvalue weighted by Gasteiger charge is 2.41. The lowest BCUT2D eigenvalue weighted by Gasteiger charge is -2.37. The molecule has 1 amide bonds. The molecule has 0 unspecified atom stereocenters. The third-order valence-corrected chi connectivity index (χ3v) is 7.40. The van der Waals surface area contributed by atoms with E-state index in [4.69, 9.17) is 9.47 Å². The Morgan fingerprint density at radius 1 is 1.20 bits per heavy atom. The van der Waals surface area contributed by atoms with Crippen LogP contribution in [0.25, 0.3) is 0 Å². The van der Waals surface area contributed by atoms with Gasteiger partial charge in [-0.15, -0.1) is 0 Å². The van der Waals surface area contributed by atoms with Crippen molar-refractivity contribution in [3.63, 3.8) is 0 Å². The van der Waals surface area contributed by atoms with Crippen molar-refractivity contribution in [2.75, 3.05) is 40.0 Å². The number of ether oxygens (including phenoxy) is 2. The van der Waals surface area contributed by atoms with Crippen molar-refractivity contribution < 1.29 is 14.3 Å². The van der Waals surface area contributed by atoms with Gasteiger partial charge >= 0.3 is 0 Å². The normalized spacial score (nSPS) is 20.0. The number of carbonyl (C=O) groups excluding carboxylic acids is 1. The summed E-state index contributed by atoms with van der Waals surface area (Å²) in [4.78, 5) is 15.9. The fourth-order valence-electron chi connectivity index (χ4n) is 4.67. The summed E-state index contributed by atoms with van der Waals surface area (Å²) in [5.41, 5.74) is 1.98. The SMILES string of the molecule is COc1ccc(C2(C(=O)NCC3CCN(Cc4ccsc4)CC3)CCOCC2)cc1. The van der Waals surface area contributed by atoms with Gasteiger partial charge in [-0.25, -0.2) is 0 Å². The van der Waals surface area contributed by atoms with Gasteiger partial charge in [-0.3, -0.25) is 9.69 Å². The Morgan fingerprint density at radius 3 is 2.57 bits per heavy atom. The van der Waals surface area contributed by atoms with Crippen LogP contribution in [0.3, 0.4) is 0 Å². The number of benzene rings is 1. The van der Waals surface area contributed by atoms with Crippen LogP contribution in [0.15, 0.2) is 41.1 Å². The zero-order valence-electron chi connectivity index (χ0n) is 17.8. The van der Waals surface area contributed by atoms with Crippen LogP contribution in [0, 0.1) is 5.92 Å². The van der Waals surface area contributed by atoms with Gasteiger partial charge in [-0.1, -0.05) is 12.1 Å². The number of carbonyl (C=O) groups is 1. The Hall–Kier alpha value is -1.89. The molecule has 2 aromatic rings. The first kappa shape index (κ1) is 21.3. The number of piperidine rings is 1. The number of hydrogen-bond acceptors (Lipinski definition) is 5. The van der Waals surface area contributed by atoms with Crippen LogP contribution in [0.5, 0.6) is 5.75 Å². The lowest BCUT2D eigenvalue weighted by atomic mass is 9.73. The van der Waals surface area contributed by atoms with Crippen LogP contribution in [0.2, 0.25) is 0 Å². The van der Waals surface area contributed by atoms with Gasteiger partial charge in [-0.05, 0) is 84.8 Å². The van der Waals surface area contributed by atoms with Crippen molar-refractivity contribution >= 4 is 17.2 Å². The van der Waals surface area contributed by atoms with Crippen LogP contribution in [-0.2, 0) is 21.5 Å². The number of nitrogens with one attached hydrogen (secondary N) is 1. The highest BCUT2D eigenvalue weighted by atomic mass is 32.1. The first-order valence-electron chi connectivity index (χ1n) is 10.9. The molecule has 0 spiro atoms. The predicted octanol–water partition coefficient (Wildman–Crippen LogP) is 3.83. The van der Waals surface area contributed by atoms with Crippen molar-refractivity contribution in [3.8, 4) is 5.75 Å².